The molecule has 100 valence electrons. The van der Waals surface area contributed by atoms with Crippen molar-refractivity contribution in [2.75, 3.05) is 0 Å². The van der Waals surface area contributed by atoms with Gasteiger partial charge in [0.1, 0.15) is 11.6 Å². The highest BCUT2D eigenvalue weighted by Crippen LogP contribution is 2.14. The summed E-state index contributed by atoms with van der Waals surface area (Å²) >= 11 is 3.29. The van der Waals surface area contributed by atoms with E-state index in [0.29, 0.717) is 12.0 Å². The Hall–Kier alpha value is -1.33. The summed E-state index contributed by atoms with van der Waals surface area (Å²) in [5.74, 6) is -1.27. The van der Waals surface area contributed by atoms with Gasteiger partial charge in [-0.1, -0.05) is 0 Å². The molecule has 0 bridgehead atoms. The Morgan fingerprint density at radius 2 is 1.63 bits per heavy atom. The molecule has 0 saturated carbocycles. The maximum atomic E-state index is 13.0. The molecule has 0 amide bonds. The number of aliphatic hydroxyl groups excluding tert-OH is 1. The van der Waals surface area contributed by atoms with Gasteiger partial charge in [0.25, 0.3) is 0 Å². The van der Waals surface area contributed by atoms with Crippen LogP contribution in [-0.4, -0.2) is 16.2 Å². The van der Waals surface area contributed by atoms with Crippen molar-refractivity contribution in [1.82, 2.24) is 4.98 Å². The number of nitrogens with zero attached hydrogens (tertiary/aromatic N) is 1. The van der Waals surface area contributed by atoms with Gasteiger partial charge in [-0.25, -0.2) is 8.78 Å². The van der Waals surface area contributed by atoms with Crippen molar-refractivity contribution < 1.29 is 13.9 Å². The lowest BCUT2D eigenvalue weighted by Crippen LogP contribution is -2.14. The second-order valence-corrected chi connectivity index (χ2v) is 5.27. The van der Waals surface area contributed by atoms with Crippen molar-refractivity contribution >= 4 is 15.9 Å². The molecule has 19 heavy (non-hydrogen) atoms. The van der Waals surface area contributed by atoms with Gasteiger partial charge in [-0.3, -0.25) is 4.98 Å². The molecule has 5 heteroatoms. The van der Waals surface area contributed by atoms with E-state index in [-0.39, 0.29) is 6.42 Å². The topological polar surface area (TPSA) is 33.1 Å². The molecule has 0 aliphatic carbocycles. The smallest absolute Gasteiger partial charge is 0.126 e. The first kappa shape index (κ1) is 14.1. The van der Waals surface area contributed by atoms with Crippen LogP contribution in [-0.2, 0) is 12.8 Å². The summed E-state index contributed by atoms with van der Waals surface area (Å²) in [4.78, 5) is 3.99. The molecule has 2 aromatic rings. The molecule has 0 fully saturated rings. The van der Waals surface area contributed by atoms with Gasteiger partial charge in [-0.05, 0) is 51.7 Å². The van der Waals surface area contributed by atoms with Crippen LogP contribution in [0.5, 0.6) is 0 Å². The number of rotatable bonds is 4. The van der Waals surface area contributed by atoms with Crippen molar-refractivity contribution in [1.29, 1.82) is 0 Å². The Balaban J connectivity index is 2.03. The first-order valence-corrected chi connectivity index (χ1v) is 6.54. The summed E-state index contributed by atoms with van der Waals surface area (Å²) in [6.45, 7) is 0. The number of benzene rings is 1. The van der Waals surface area contributed by atoms with E-state index in [4.69, 9.17) is 0 Å². The van der Waals surface area contributed by atoms with E-state index in [0.717, 1.165) is 16.1 Å². The number of halogens is 3. The SMILES string of the molecule is OC(Cc1cc(F)cc(F)c1)Cc1cncc(Br)c1. The van der Waals surface area contributed by atoms with Crippen LogP contribution in [0.4, 0.5) is 8.78 Å². The quantitative estimate of drug-likeness (QED) is 0.934. The maximum absolute atomic E-state index is 13.0. The van der Waals surface area contributed by atoms with Gasteiger partial charge in [0.05, 0.1) is 6.10 Å². The molecule has 1 N–H and O–H groups in total. The van der Waals surface area contributed by atoms with Gasteiger partial charge < -0.3 is 5.11 Å². The average molecular weight is 328 g/mol. The number of aliphatic hydroxyl groups is 1. The lowest BCUT2D eigenvalue weighted by molar-refractivity contribution is 0.175. The standard InChI is InChI=1S/C14H12BrF2NO/c15-11-1-10(7-18-8-11)5-14(19)4-9-2-12(16)6-13(17)3-9/h1-3,6-8,14,19H,4-5H2. The zero-order valence-corrected chi connectivity index (χ0v) is 11.6. The summed E-state index contributed by atoms with van der Waals surface area (Å²) in [6.07, 6.45) is 3.17. The molecular weight excluding hydrogens is 316 g/mol. The van der Waals surface area contributed by atoms with E-state index in [1.54, 1.807) is 12.4 Å². The van der Waals surface area contributed by atoms with Crippen LogP contribution in [0, 0.1) is 11.6 Å². The molecule has 0 radical (unpaired) electrons. The number of hydrogen-bond acceptors (Lipinski definition) is 2. The molecule has 1 aromatic carbocycles. The minimum absolute atomic E-state index is 0.196. The second-order valence-electron chi connectivity index (χ2n) is 4.35. The Bertz CT molecular complexity index is 557. The third kappa shape index (κ3) is 4.36. The van der Waals surface area contributed by atoms with Crippen molar-refractivity contribution in [2.24, 2.45) is 0 Å². The van der Waals surface area contributed by atoms with Crippen LogP contribution in [0.1, 0.15) is 11.1 Å². The summed E-state index contributed by atoms with van der Waals surface area (Å²) in [5.41, 5.74) is 1.30. The van der Waals surface area contributed by atoms with Crippen molar-refractivity contribution in [2.45, 2.75) is 18.9 Å². The van der Waals surface area contributed by atoms with Gasteiger partial charge in [0.2, 0.25) is 0 Å². The summed E-state index contributed by atoms with van der Waals surface area (Å²) in [6, 6.07) is 5.12. The number of aromatic nitrogens is 1. The Kier molecular flexibility index (Phi) is 4.61. The Labute approximate surface area is 118 Å². The number of hydrogen-bond donors (Lipinski definition) is 1. The highest BCUT2D eigenvalue weighted by atomic mass is 79.9. The molecular formula is C14H12BrF2NO. The second kappa shape index (κ2) is 6.21. The molecule has 1 atom stereocenters. The largest absolute Gasteiger partial charge is 0.392 e. The van der Waals surface area contributed by atoms with Crippen LogP contribution in [0.2, 0.25) is 0 Å². The molecule has 0 aliphatic rings. The third-order valence-electron chi connectivity index (χ3n) is 2.63. The van der Waals surface area contributed by atoms with E-state index < -0.39 is 17.7 Å². The van der Waals surface area contributed by atoms with Crippen LogP contribution >= 0.6 is 15.9 Å². The fourth-order valence-corrected chi connectivity index (χ4v) is 2.32. The zero-order chi connectivity index (χ0) is 13.8. The minimum Gasteiger partial charge on any atom is -0.392 e. The molecule has 0 saturated heterocycles. The van der Waals surface area contributed by atoms with Gasteiger partial charge >= 0.3 is 0 Å². The Morgan fingerprint density at radius 1 is 1.00 bits per heavy atom. The van der Waals surface area contributed by atoms with Gasteiger partial charge in [0, 0.05) is 29.4 Å². The van der Waals surface area contributed by atoms with Gasteiger partial charge in [-0.2, -0.15) is 0 Å². The minimum atomic E-state index is -0.711. The highest BCUT2D eigenvalue weighted by Gasteiger charge is 2.09. The summed E-state index contributed by atoms with van der Waals surface area (Å²) in [7, 11) is 0. The first-order chi connectivity index (χ1) is 9.02. The zero-order valence-electron chi connectivity index (χ0n) is 9.98. The van der Waals surface area contributed by atoms with E-state index in [1.165, 1.54) is 12.1 Å². The van der Waals surface area contributed by atoms with Crippen molar-refractivity contribution in [3.8, 4) is 0 Å². The predicted molar refractivity (Wildman–Crippen MR) is 71.7 cm³/mol. The molecule has 2 rings (SSSR count). The van der Waals surface area contributed by atoms with Crippen LogP contribution in [0.3, 0.4) is 0 Å². The first-order valence-electron chi connectivity index (χ1n) is 5.75. The van der Waals surface area contributed by atoms with Gasteiger partial charge in [-0.15, -0.1) is 0 Å². The van der Waals surface area contributed by atoms with Crippen molar-refractivity contribution in [3.05, 3.63) is 63.9 Å². The van der Waals surface area contributed by atoms with Crippen LogP contribution in [0.15, 0.2) is 41.1 Å². The van der Waals surface area contributed by atoms with E-state index in [9.17, 15) is 13.9 Å². The molecule has 0 spiro atoms. The number of pyridine rings is 1. The summed E-state index contributed by atoms with van der Waals surface area (Å²) < 4.78 is 26.9. The van der Waals surface area contributed by atoms with E-state index in [2.05, 4.69) is 20.9 Å². The van der Waals surface area contributed by atoms with Crippen LogP contribution in [0.25, 0.3) is 0 Å². The molecule has 1 heterocycles. The van der Waals surface area contributed by atoms with Crippen molar-refractivity contribution in [3.63, 3.8) is 0 Å². The Morgan fingerprint density at radius 3 is 2.26 bits per heavy atom. The fourth-order valence-electron chi connectivity index (χ4n) is 1.91. The maximum Gasteiger partial charge on any atom is 0.126 e. The molecule has 1 aromatic heterocycles. The fraction of sp³-hybridized carbons (Fsp3) is 0.214. The lowest BCUT2D eigenvalue weighted by Gasteiger charge is -2.11. The molecule has 0 aliphatic heterocycles. The molecule has 1 unspecified atom stereocenters. The normalized spacial score (nSPS) is 12.4. The third-order valence-corrected chi connectivity index (χ3v) is 3.06. The lowest BCUT2D eigenvalue weighted by atomic mass is 10.0. The average Bonchev–Trinajstić information content (AvgIpc) is 2.26. The van der Waals surface area contributed by atoms with E-state index in [1.807, 2.05) is 6.07 Å². The highest BCUT2D eigenvalue weighted by molar-refractivity contribution is 9.10. The van der Waals surface area contributed by atoms with Crippen LogP contribution < -0.4 is 0 Å². The molecule has 2 nitrogen and oxygen atoms in total. The van der Waals surface area contributed by atoms with Gasteiger partial charge in [0.15, 0.2) is 0 Å². The monoisotopic (exact) mass is 327 g/mol. The predicted octanol–water partition coefficient (Wildman–Crippen LogP) is 3.27. The van der Waals surface area contributed by atoms with E-state index >= 15 is 0 Å². The summed E-state index contributed by atoms with van der Waals surface area (Å²) in [5, 5.41) is 9.94.